The zero-order valence-electron chi connectivity index (χ0n) is 11.7. The highest BCUT2D eigenvalue weighted by molar-refractivity contribution is 6.30. The largest absolute Gasteiger partial charge is 0.336 e. The molecule has 0 bridgehead atoms. The first-order valence-electron chi connectivity index (χ1n) is 6.55. The van der Waals surface area contributed by atoms with Crippen LogP contribution in [0.15, 0.2) is 47.7 Å². The molecule has 0 atom stereocenters. The summed E-state index contributed by atoms with van der Waals surface area (Å²) >= 11 is 5.79. The van der Waals surface area contributed by atoms with Gasteiger partial charge in [-0.3, -0.25) is 4.79 Å². The minimum Gasteiger partial charge on any atom is -0.336 e. The summed E-state index contributed by atoms with van der Waals surface area (Å²) in [5.74, 6) is 0.246. The van der Waals surface area contributed by atoms with Crippen molar-refractivity contribution in [2.75, 3.05) is 0 Å². The van der Waals surface area contributed by atoms with Gasteiger partial charge in [0.25, 0.3) is 5.91 Å². The first kappa shape index (κ1) is 14.2. The van der Waals surface area contributed by atoms with Gasteiger partial charge in [-0.25, -0.2) is 15.4 Å². The molecule has 0 fully saturated rings. The van der Waals surface area contributed by atoms with Crippen LogP contribution in [0.2, 0.25) is 5.02 Å². The molecule has 1 amide bonds. The second-order valence-electron chi connectivity index (χ2n) is 4.61. The number of nitrogens with zero attached hydrogens (tertiary/aromatic N) is 3. The van der Waals surface area contributed by atoms with Gasteiger partial charge < -0.3 is 4.98 Å². The smallest absolute Gasteiger partial charge is 0.271 e. The van der Waals surface area contributed by atoms with Crippen molar-refractivity contribution < 1.29 is 4.79 Å². The van der Waals surface area contributed by atoms with Crippen LogP contribution in [-0.2, 0) is 0 Å². The van der Waals surface area contributed by atoms with Crippen LogP contribution in [0.25, 0.3) is 11.2 Å². The molecule has 2 N–H and O–H groups in total. The highest BCUT2D eigenvalue weighted by atomic mass is 35.5. The van der Waals surface area contributed by atoms with Crippen LogP contribution in [0.5, 0.6) is 0 Å². The fourth-order valence-corrected chi connectivity index (χ4v) is 2.00. The summed E-state index contributed by atoms with van der Waals surface area (Å²) in [5.41, 5.74) is 4.94. The highest BCUT2D eigenvalue weighted by Gasteiger charge is 2.08. The van der Waals surface area contributed by atoms with E-state index in [0.717, 1.165) is 5.52 Å². The van der Waals surface area contributed by atoms with Gasteiger partial charge in [0.2, 0.25) is 0 Å². The second-order valence-corrected chi connectivity index (χ2v) is 5.04. The lowest BCUT2D eigenvalue weighted by atomic mass is 10.2. The van der Waals surface area contributed by atoms with Gasteiger partial charge in [-0.1, -0.05) is 11.6 Å². The molecule has 0 unspecified atom stereocenters. The number of hydrogen-bond donors (Lipinski definition) is 2. The van der Waals surface area contributed by atoms with Gasteiger partial charge in [-0.2, -0.15) is 5.10 Å². The van der Waals surface area contributed by atoms with Crippen molar-refractivity contribution in [2.24, 2.45) is 5.10 Å². The van der Waals surface area contributed by atoms with Crippen LogP contribution >= 0.6 is 11.6 Å². The van der Waals surface area contributed by atoms with Gasteiger partial charge in [0.05, 0.1) is 5.52 Å². The van der Waals surface area contributed by atoms with E-state index in [1.54, 1.807) is 37.4 Å². The first-order valence-corrected chi connectivity index (χ1v) is 6.92. The fraction of sp³-hybridized carbons (Fsp3) is 0.0667. The number of imidazole rings is 1. The minimum atomic E-state index is -0.315. The van der Waals surface area contributed by atoms with Crippen LogP contribution in [-0.4, -0.2) is 26.6 Å². The van der Waals surface area contributed by atoms with Crippen molar-refractivity contribution in [1.82, 2.24) is 20.4 Å². The lowest BCUT2D eigenvalue weighted by Gasteiger charge is -2.01. The van der Waals surface area contributed by atoms with Crippen LogP contribution in [0.1, 0.15) is 23.1 Å². The van der Waals surface area contributed by atoms with Crippen LogP contribution in [0.4, 0.5) is 0 Å². The van der Waals surface area contributed by atoms with Crippen molar-refractivity contribution in [3.63, 3.8) is 0 Å². The summed E-state index contributed by atoms with van der Waals surface area (Å²) in [7, 11) is 0. The number of benzene rings is 1. The quantitative estimate of drug-likeness (QED) is 0.576. The molecule has 1 aromatic carbocycles. The Hall–Kier alpha value is -2.73. The molecule has 110 valence electrons. The van der Waals surface area contributed by atoms with Gasteiger partial charge in [0, 0.05) is 16.8 Å². The fourth-order valence-electron chi connectivity index (χ4n) is 1.87. The van der Waals surface area contributed by atoms with Crippen molar-refractivity contribution >= 4 is 34.4 Å². The normalized spacial score (nSPS) is 11.6. The molecule has 0 aliphatic carbocycles. The second kappa shape index (κ2) is 5.95. The maximum Gasteiger partial charge on any atom is 0.271 e. The molecule has 0 aliphatic rings. The van der Waals surface area contributed by atoms with Crippen molar-refractivity contribution in [1.29, 1.82) is 0 Å². The summed E-state index contributed by atoms with van der Waals surface area (Å²) in [6.07, 6.45) is 1.67. The van der Waals surface area contributed by atoms with Crippen LogP contribution < -0.4 is 5.43 Å². The topological polar surface area (TPSA) is 83.0 Å². The Kier molecular flexibility index (Phi) is 3.84. The van der Waals surface area contributed by atoms with E-state index in [4.69, 9.17) is 11.6 Å². The molecule has 2 aromatic heterocycles. The van der Waals surface area contributed by atoms with Gasteiger partial charge in [0.15, 0.2) is 11.5 Å². The lowest BCUT2D eigenvalue weighted by Crippen LogP contribution is -2.19. The van der Waals surface area contributed by atoms with Gasteiger partial charge in [0.1, 0.15) is 5.71 Å². The van der Waals surface area contributed by atoms with E-state index in [2.05, 4.69) is 25.5 Å². The Balaban J connectivity index is 1.76. The number of hydrazone groups is 1. The summed E-state index contributed by atoms with van der Waals surface area (Å²) in [6, 6.07) is 10.3. The Morgan fingerprint density at radius 3 is 2.77 bits per heavy atom. The molecule has 0 saturated heterocycles. The summed E-state index contributed by atoms with van der Waals surface area (Å²) in [5, 5.41) is 4.63. The monoisotopic (exact) mass is 313 g/mol. The number of fused-ring (bicyclic) bond motifs is 1. The summed E-state index contributed by atoms with van der Waals surface area (Å²) < 4.78 is 0. The van der Waals surface area contributed by atoms with Crippen LogP contribution in [0.3, 0.4) is 0 Å². The Morgan fingerprint density at radius 1 is 1.27 bits per heavy atom. The van der Waals surface area contributed by atoms with Crippen molar-refractivity contribution in [2.45, 2.75) is 6.92 Å². The number of nitrogens with one attached hydrogen (secondary N) is 2. The SMILES string of the molecule is C/C(=N\NC(=O)c1ccc(Cl)cc1)c1nc2ncccc2[nH]1. The van der Waals surface area contributed by atoms with E-state index in [9.17, 15) is 4.79 Å². The summed E-state index contributed by atoms with van der Waals surface area (Å²) in [4.78, 5) is 23.5. The number of aromatic amines is 1. The van der Waals surface area contributed by atoms with Crippen molar-refractivity contribution in [3.8, 4) is 0 Å². The van der Waals surface area contributed by atoms with E-state index in [1.807, 2.05) is 12.1 Å². The average molecular weight is 314 g/mol. The van der Waals surface area contributed by atoms with Crippen molar-refractivity contribution in [3.05, 3.63) is 59.0 Å². The van der Waals surface area contributed by atoms with E-state index in [-0.39, 0.29) is 5.91 Å². The number of rotatable bonds is 3. The number of amides is 1. The third-order valence-corrected chi connectivity index (χ3v) is 3.28. The van der Waals surface area contributed by atoms with E-state index >= 15 is 0 Å². The Labute approximate surface area is 131 Å². The number of pyridine rings is 1. The standard InChI is InChI=1S/C15H12ClN5O/c1-9(13-18-12-3-2-8-17-14(12)19-13)20-21-15(22)10-4-6-11(16)7-5-10/h2-8H,1H3,(H,21,22)(H,17,18,19)/b20-9+. The average Bonchev–Trinajstić information content (AvgIpc) is 2.97. The molecule has 0 spiro atoms. The van der Waals surface area contributed by atoms with E-state index in [1.165, 1.54) is 0 Å². The zero-order chi connectivity index (χ0) is 15.5. The molecule has 3 aromatic rings. The molecule has 0 radical (unpaired) electrons. The maximum absolute atomic E-state index is 12.0. The Bertz CT molecular complexity index is 821. The minimum absolute atomic E-state index is 0.315. The van der Waals surface area contributed by atoms with Gasteiger partial charge in [-0.05, 0) is 43.3 Å². The molecule has 6 nitrogen and oxygen atoms in total. The first-order chi connectivity index (χ1) is 10.6. The number of H-pyrrole nitrogens is 1. The molecule has 22 heavy (non-hydrogen) atoms. The third kappa shape index (κ3) is 2.96. The molecule has 0 saturated carbocycles. The maximum atomic E-state index is 12.0. The zero-order valence-corrected chi connectivity index (χ0v) is 12.4. The third-order valence-electron chi connectivity index (χ3n) is 3.03. The molecule has 3 rings (SSSR count). The molecular formula is C15H12ClN5O. The predicted molar refractivity (Wildman–Crippen MR) is 85.0 cm³/mol. The highest BCUT2D eigenvalue weighted by Crippen LogP contribution is 2.10. The van der Waals surface area contributed by atoms with E-state index < -0.39 is 0 Å². The summed E-state index contributed by atoms with van der Waals surface area (Å²) in [6.45, 7) is 1.75. The Morgan fingerprint density at radius 2 is 2.05 bits per heavy atom. The number of carbonyl (C=O) groups excluding carboxylic acids is 1. The number of halogens is 1. The van der Waals surface area contributed by atoms with Gasteiger partial charge in [-0.15, -0.1) is 0 Å². The lowest BCUT2D eigenvalue weighted by molar-refractivity contribution is 0.0955. The van der Waals surface area contributed by atoms with Gasteiger partial charge >= 0.3 is 0 Å². The number of hydrogen-bond acceptors (Lipinski definition) is 4. The molecule has 0 aliphatic heterocycles. The predicted octanol–water partition coefficient (Wildman–Crippen LogP) is 2.77. The number of carbonyl (C=O) groups is 1. The molecular weight excluding hydrogens is 302 g/mol. The van der Waals surface area contributed by atoms with E-state index in [0.29, 0.717) is 27.8 Å². The molecule has 2 heterocycles. The number of aromatic nitrogens is 3. The van der Waals surface area contributed by atoms with Crippen LogP contribution in [0, 0.1) is 0 Å². The molecule has 7 heteroatoms.